The summed E-state index contributed by atoms with van der Waals surface area (Å²) in [5.74, 6) is -1.47. The molecule has 0 saturated carbocycles. The lowest BCUT2D eigenvalue weighted by Gasteiger charge is -2.38. The second kappa shape index (κ2) is 9.31. The maximum atomic E-state index is 12.9. The van der Waals surface area contributed by atoms with Crippen LogP contribution >= 0.6 is 11.6 Å². The van der Waals surface area contributed by atoms with Crippen molar-refractivity contribution in [3.63, 3.8) is 0 Å². The van der Waals surface area contributed by atoms with Crippen molar-refractivity contribution in [3.05, 3.63) is 69.7 Å². The highest BCUT2D eigenvalue weighted by Gasteiger charge is 2.34. The Morgan fingerprint density at radius 2 is 1.56 bits per heavy atom. The highest BCUT2D eigenvalue weighted by molar-refractivity contribution is 6.31. The predicted molar refractivity (Wildman–Crippen MR) is 106 cm³/mol. The Morgan fingerprint density at radius 1 is 0.969 bits per heavy atom. The second-order valence-corrected chi connectivity index (χ2v) is 8.42. The summed E-state index contributed by atoms with van der Waals surface area (Å²) in [5.41, 5.74) is -0.526. The molecule has 2 aromatic carbocycles. The van der Waals surface area contributed by atoms with Gasteiger partial charge in [0.2, 0.25) is 0 Å². The Bertz CT molecular complexity index is 958. The SMILES string of the molecule is O=C(O)CC1CC(c2ccc(C(F)(F)F)cc2)CN(Cc2ccc(C(F)(F)F)cc2Cl)C1. The largest absolute Gasteiger partial charge is 0.481 e. The van der Waals surface area contributed by atoms with Crippen molar-refractivity contribution in [1.82, 2.24) is 4.90 Å². The molecule has 2 atom stereocenters. The first kappa shape index (κ1) is 24.4. The Balaban J connectivity index is 1.81. The Hall–Kier alpha value is -2.26. The predicted octanol–water partition coefficient (Wildman–Crippen LogP) is 6.46. The number of hydrogen-bond acceptors (Lipinski definition) is 2. The normalized spacial score (nSPS) is 20.3. The van der Waals surface area contributed by atoms with Gasteiger partial charge in [0.25, 0.3) is 0 Å². The molecule has 0 spiro atoms. The highest BCUT2D eigenvalue weighted by Crippen LogP contribution is 2.36. The first-order valence-corrected chi connectivity index (χ1v) is 10.2. The number of alkyl halides is 6. The number of aliphatic carboxylic acids is 1. The smallest absolute Gasteiger partial charge is 0.416 e. The first-order valence-electron chi connectivity index (χ1n) is 9.80. The van der Waals surface area contributed by atoms with E-state index >= 15 is 0 Å². The van der Waals surface area contributed by atoms with Crippen molar-refractivity contribution in [1.29, 1.82) is 0 Å². The van der Waals surface area contributed by atoms with Crippen molar-refractivity contribution < 1.29 is 36.2 Å². The van der Waals surface area contributed by atoms with Gasteiger partial charge in [-0.2, -0.15) is 26.3 Å². The number of nitrogens with zero attached hydrogens (tertiary/aromatic N) is 1. The summed E-state index contributed by atoms with van der Waals surface area (Å²) in [6.45, 7) is 1.00. The lowest BCUT2D eigenvalue weighted by atomic mass is 9.82. The molecular weight excluding hydrogens is 460 g/mol. The summed E-state index contributed by atoms with van der Waals surface area (Å²) in [4.78, 5) is 13.1. The zero-order valence-electron chi connectivity index (χ0n) is 16.7. The van der Waals surface area contributed by atoms with Crippen LogP contribution in [0.5, 0.6) is 0 Å². The molecule has 0 aliphatic carbocycles. The van der Waals surface area contributed by atoms with E-state index in [0.717, 1.165) is 24.3 Å². The molecule has 174 valence electrons. The van der Waals surface area contributed by atoms with E-state index in [1.807, 2.05) is 4.90 Å². The van der Waals surface area contributed by atoms with Crippen molar-refractivity contribution in [2.45, 2.75) is 37.7 Å². The molecule has 1 aliphatic heterocycles. The summed E-state index contributed by atoms with van der Waals surface area (Å²) in [6.07, 6.45) is -8.61. The first-order chi connectivity index (χ1) is 14.8. The van der Waals surface area contributed by atoms with E-state index in [1.54, 1.807) is 0 Å². The van der Waals surface area contributed by atoms with Crippen molar-refractivity contribution in [3.8, 4) is 0 Å². The average Bonchev–Trinajstić information content (AvgIpc) is 2.67. The number of piperidine rings is 1. The number of hydrogen-bond donors (Lipinski definition) is 1. The fourth-order valence-electron chi connectivity index (χ4n) is 4.11. The molecule has 2 unspecified atom stereocenters. The van der Waals surface area contributed by atoms with Gasteiger partial charge < -0.3 is 5.11 Å². The van der Waals surface area contributed by atoms with Crippen LogP contribution in [0.25, 0.3) is 0 Å². The van der Waals surface area contributed by atoms with Crippen LogP contribution in [-0.4, -0.2) is 29.1 Å². The zero-order chi connectivity index (χ0) is 23.7. The second-order valence-electron chi connectivity index (χ2n) is 8.01. The molecule has 1 saturated heterocycles. The van der Waals surface area contributed by atoms with Crippen molar-refractivity contribution in [2.75, 3.05) is 13.1 Å². The van der Waals surface area contributed by atoms with Crippen molar-refractivity contribution in [2.24, 2.45) is 5.92 Å². The maximum absolute atomic E-state index is 12.9. The molecule has 0 aromatic heterocycles. The Morgan fingerprint density at radius 3 is 2.09 bits per heavy atom. The van der Waals surface area contributed by atoms with Crippen LogP contribution in [0.2, 0.25) is 5.02 Å². The Kier molecular flexibility index (Phi) is 7.09. The van der Waals surface area contributed by atoms with Gasteiger partial charge in [0.15, 0.2) is 0 Å². The zero-order valence-corrected chi connectivity index (χ0v) is 17.4. The molecule has 2 aromatic rings. The fourth-order valence-corrected chi connectivity index (χ4v) is 4.35. The molecule has 10 heteroatoms. The fraction of sp³-hybridized carbons (Fsp3) is 0.409. The van der Waals surface area contributed by atoms with E-state index in [9.17, 15) is 36.2 Å². The van der Waals surface area contributed by atoms with E-state index in [4.69, 9.17) is 11.6 Å². The molecule has 32 heavy (non-hydrogen) atoms. The molecule has 1 N–H and O–H groups in total. The lowest BCUT2D eigenvalue weighted by Crippen LogP contribution is -2.40. The van der Waals surface area contributed by atoms with Crippen LogP contribution in [0.1, 0.15) is 41.0 Å². The van der Waals surface area contributed by atoms with E-state index in [0.29, 0.717) is 30.6 Å². The minimum atomic E-state index is -4.52. The Labute approximate surface area is 185 Å². The molecule has 0 amide bonds. The van der Waals surface area contributed by atoms with E-state index in [-0.39, 0.29) is 29.8 Å². The van der Waals surface area contributed by atoms with Crippen molar-refractivity contribution >= 4 is 17.6 Å². The molecule has 1 fully saturated rings. The van der Waals surface area contributed by atoms with Gasteiger partial charge in [-0.1, -0.05) is 29.8 Å². The number of carboxylic acids is 1. The number of carbonyl (C=O) groups is 1. The minimum Gasteiger partial charge on any atom is -0.481 e. The molecule has 3 nitrogen and oxygen atoms in total. The summed E-state index contributed by atoms with van der Waals surface area (Å²) in [6, 6.07) is 7.84. The molecule has 0 radical (unpaired) electrons. The van der Waals surface area contributed by atoms with E-state index in [1.165, 1.54) is 18.2 Å². The maximum Gasteiger partial charge on any atom is 0.416 e. The van der Waals surface area contributed by atoms with E-state index in [2.05, 4.69) is 0 Å². The van der Waals surface area contributed by atoms with E-state index < -0.39 is 29.4 Å². The molecule has 0 bridgehead atoms. The van der Waals surface area contributed by atoms with Gasteiger partial charge in [0.05, 0.1) is 11.1 Å². The molecule has 1 aliphatic rings. The van der Waals surface area contributed by atoms with Gasteiger partial charge in [0.1, 0.15) is 0 Å². The van der Waals surface area contributed by atoms with Crippen LogP contribution in [0.4, 0.5) is 26.3 Å². The highest BCUT2D eigenvalue weighted by atomic mass is 35.5. The quantitative estimate of drug-likeness (QED) is 0.500. The summed E-state index contributed by atoms with van der Waals surface area (Å²) >= 11 is 6.06. The topological polar surface area (TPSA) is 40.5 Å². The number of benzene rings is 2. The van der Waals surface area contributed by atoms with Gasteiger partial charge in [-0.3, -0.25) is 9.69 Å². The van der Waals surface area contributed by atoms with Gasteiger partial charge in [-0.05, 0) is 53.6 Å². The number of carboxylic acid groups (broad SMARTS) is 1. The number of halogens is 7. The molecular formula is C22H20ClF6NO2. The third-order valence-electron chi connectivity index (χ3n) is 5.56. The van der Waals surface area contributed by atoms with Crippen LogP contribution in [0, 0.1) is 5.92 Å². The van der Waals surface area contributed by atoms with Crippen LogP contribution in [-0.2, 0) is 23.7 Å². The molecule has 1 heterocycles. The monoisotopic (exact) mass is 479 g/mol. The summed E-state index contributed by atoms with van der Waals surface area (Å²) in [5, 5.41) is 9.15. The van der Waals surface area contributed by atoms with Gasteiger partial charge in [-0.15, -0.1) is 0 Å². The number of likely N-dealkylation sites (tertiary alicyclic amines) is 1. The summed E-state index contributed by atoms with van der Waals surface area (Å²) in [7, 11) is 0. The van der Waals surface area contributed by atoms with Gasteiger partial charge >= 0.3 is 18.3 Å². The third kappa shape index (κ3) is 6.16. The van der Waals surface area contributed by atoms with Gasteiger partial charge in [0, 0.05) is 31.1 Å². The third-order valence-corrected chi connectivity index (χ3v) is 5.91. The average molecular weight is 480 g/mol. The number of rotatable bonds is 5. The lowest BCUT2D eigenvalue weighted by molar-refractivity contribution is -0.139. The van der Waals surface area contributed by atoms with Crippen LogP contribution in [0.3, 0.4) is 0 Å². The standard InChI is InChI=1S/C22H20ClF6NO2/c23-19-9-18(22(27,28)29)6-3-15(19)11-30-10-13(8-20(31)32)7-16(12-30)14-1-4-17(5-2-14)21(24,25)26/h1-6,9,13,16H,7-8,10-12H2,(H,31,32). The minimum absolute atomic E-state index is 0.0498. The molecule has 3 rings (SSSR count). The van der Waals surface area contributed by atoms with Crippen LogP contribution < -0.4 is 0 Å². The summed E-state index contributed by atoms with van der Waals surface area (Å²) < 4.78 is 77.2. The van der Waals surface area contributed by atoms with Gasteiger partial charge in [-0.25, -0.2) is 0 Å². The van der Waals surface area contributed by atoms with Crippen LogP contribution in [0.15, 0.2) is 42.5 Å².